The highest BCUT2D eigenvalue weighted by Gasteiger charge is 2.62. The molecule has 1 N–H and O–H groups in total. The van der Waals surface area contributed by atoms with E-state index in [1.807, 2.05) is 0 Å². The van der Waals surface area contributed by atoms with Crippen LogP contribution in [0.3, 0.4) is 0 Å². The molecule has 3 heteroatoms. The molecular weight excluding hydrogens is 348 g/mol. The van der Waals surface area contributed by atoms with Crippen molar-refractivity contribution < 1.29 is 14.6 Å². The van der Waals surface area contributed by atoms with Crippen LogP contribution in [0.15, 0.2) is 0 Å². The largest absolute Gasteiger partial charge is 0.469 e. The zero-order chi connectivity index (χ0) is 20.1. The third kappa shape index (κ3) is 3.15. The van der Waals surface area contributed by atoms with Crippen LogP contribution in [0.1, 0.15) is 91.4 Å². The number of aliphatic hydroxyl groups excluding tert-OH is 1. The van der Waals surface area contributed by atoms with Gasteiger partial charge in [-0.25, -0.2) is 0 Å². The van der Waals surface area contributed by atoms with Crippen molar-refractivity contribution in [1.29, 1.82) is 0 Å². The predicted octanol–water partition coefficient (Wildman–Crippen LogP) is 5.60. The van der Waals surface area contributed by atoms with E-state index < -0.39 is 0 Å². The predicted molar refractivity (Wildman–Crippen MR) is 112 cm³/mol. The number of esters is 1. The smallest absolute Gasteiger partial charge is 0.305 e. The van der Waals surface area contributed by atoms with Crippen LogP contribution in [-0.4, -0.2) is 24.3 Å². The van der Waals surface area contributed by atoms with Gasteiger partial charge in [0.1, 0.15) is 0 Å². The van der Waals surface area contributed by atoms with E-state index in [1.165, 1.54) is 58.5 Å². The number of carbonyl (C=O) groups is 1. The molecule has 0 aromatic rings. The molecule has 4 aliphatic rings. The molecule has 160 valence electrons. The second-order valence-corrected chi connectivity index (χ2v) is 11.4. The lowest BCUT2D eigenvalue weighted by Gasteiger charge is -2.62. The molecule has 28 heavy (non-hydrogen) atoms. The van der Waals surface area contributed by atoms with Crippen LogP contribution in [0.25, 0.3) is 0 Å². The first-order chi connectivity index (χ1) is 13.3. The fraction of sp³-hybridized carbons (Fsp3) is 0.960. The molecule has 0 amide bonds. The van der Waals surface area contributed by atoms with Gasteiger partial charge in [0.15, 0.2) is 0 Å². The first kappa shape index (κ1) is 20.7. The lowest BCUT2D eigenvalue weighted by Crippen LogP contribution is -2.57. The molecule has 0 unspecified atom stereocenters. The number of fused-ring (bicyclic) bond motifs is 5. The van der Waals surface area contributed by atoms with Gasteiger partial charge in [-0.1, -0.05) is 33.6 Å². The van der Waals surface area contributed by atoms with Crippen molar-refractivity contribution in [2.45, 2.75) is 97.5 Å². The molecule has 4 rings (SSSR count). The highest BCUT2D eigenvalue weighted by Crippen LogP contribution is 2.68. The molecule has 4 fully saturated rings. The minimum Gasteiger partial charge on any atom is -0.469 e. The Labute approximate surface area is 172 Å². The zero-order valence-electron chi connectivity index (χ0n) is 18.6. The number of hydrogen-bond acceptors (Lipinski definition) is 3. The van der Waals surface area contributed by atoms with Crippen LogP contribution < -0.4 is 0 Å². The van der Waals surface area contributed by atoms with Crippen LogP contribution >= 0.6 is 0 Å². The van der Waals surface area contributed by atoms with Crippen molar-refractivity contribution in [3.63, 3.8) is 0 Å². The molecule has 4 aliphatic carbocycles. The highest BCUT2D eigenvalue weighted by atomic mass is 16.5. The summed E-state index contributed by atoms with van der Waals surface area (Å²) in [5.41, 5.74) is 0.813. The first-order valence-electron chi connectivity index (χ1n) is 12.1. The SMILES string of the molecule is COC(=O)CC[C@@H](C)[C@H]1CC[C@H]2[C@@H]3[C@@H](O)C[C@H]4CCCC[C@]4(C)[C@H]3CC[C@]12C. The highest BCUT2D eigenvalue weighted by molar-refractivity contribution is 5.69. The van der Waals surface area contributed by atoms with Crippen LogP contribution in [0.4, 0.5) is 0 Å². The average Bonchev–Trinajstić information content (AvgIpc) is 3.03. The van der Waals surface area contributed by atoms with E-state index in [-0.39, 0.29) is 12.1 Å². The van der Waals surface area contributed by atoms with E-state index in [4.69, 9.17) is 4.74 Å². The van der Waals surface area contributed by atoms with Crippen molar-refractivity contribution in [2.75, 3.05) is 7.11 Å². The molecule has 0 radical (unpaired) electrons. The van der Waals surface area contributed by atoms with Crippen molar-refractivity contribution in [3.05, 3.63) is 0 Å². The van der Waals surface area contributed by atoms with Gasteiger partial charge in [-0.05, 0) is 97.7 Å². The number of hydrogen-bond donors (Lipinski definition) is 1. The maximum absolute atomic E-state index is 11.6. The van der Waals surface area contributed by atoms with Crippen LogP contribution in [0.5, 0.6) is 0 Å². The van der Waals surface area contributed by atoms with Crippen LogP contribution in [0.2, 0.25) is 0 Å². The van der Waals surface area contributed by atoms with Crippen LogP contribution in [-0.2, 0) is 9.53 Å². The van der Waals surface area contributed by atoms with E-state index in [0.29, 0.717) is 40.9 Å². The molecule has 0 aromatic heterocycles. The molecule has 0 saturated heterocycles. The van der Waals surface area contributed by atoms with Crippen molar-refractivity contribution >= 4 is 5.97 Å². The van der Waals surface area contributed by atoms with Crippen molar-refractivity contribution in [1.82, 2.24) is 0 Å². The summed E-state index contributed by atoms with van der Waals surface area (Å²) < 4.78 is 4.87. The van der Waals surface area contributed by atoms with Crippen molar-refractivity contribution in [2.24, 2.45) is 46.3 Å². The van der Waals surface area contributed by atoms with E-state index in [1.54, 1.807) is 0 Å². The molecular formula is C25H42O3. The number of aliphatic hydroxyl groups is 1. The lowest BCUT2D eigenvalue weighted by molar-refractivity contribution is -0.164. The van der Waals surface area contributed by atoms with Gasteiger partial charge in [0.2, 0.25) is 0 Å². The summed E-state index contributed by atoms with van der Waals surface area (Å²) in [5, 5.41) is 11.3. The third-order valence-corrected chi connectivity index (χ3v) is 10.4. The number of rotatable bonds is 4. The van der Waals surface area contributed by atoms with E-state index in [9.17, 15) is 9.90 Å². The molecule has 3 nitrogen and oxygen atoms in total. The second-order valence-electron chi connectivity index (χ2n) is 11.4. The van der Waals surface area contributed by atoms with E-state index in [0.717, 1.165) is 24.7 Å². The number of carbonyl (C=O) groups excluding carboxylic acids is 1. The Morgan fingerprint density at radius 1 is 1.07 bits per heavy atom. The Hall–Kier alpha value is -0.570. The summed E-state index contributed by atoms with van der Waals surface area (Å²) in [6.45, 7) is 7.46. The topological polar surface area (TPSA) is 46.5 Å². The van der Waals surface area contributed by atoms with Crippen molar-refractivity contribution in [3.8, 4) is 0 Å². The standard InChI is InChI=1S/C25H42O3/c1-16(8-11-22(27)28-4)18-9-10-19-23-20(12-14-25(18,19)3)24(2)13-6-5-7-17(24)15-21(23)26/h16-21,23,26H,5-15H2,1-4H3/t16-,17-,18-,19+,20+,21+,23+,24+,25-/m1/s1. The summed E-state index contributed by atoms with van der Waals surface area (Å²) in [6.07, 6.45) is 13.1. The molecule has 0 heterocycles. The minimum absolute atomic E-state index is 0.0748. The Balaban J connectivity index is 1.53. The van der Waals surface area contributed by atoms with Gasteiger partial charge < -0.3 is 9.84 Å². The average molecular weight is 391 g/mol. The van der Waals surface area contributed by atoms with Gasteiger partial charge in [-0.3, -0.25) is 4.79 Å². The Morgan fingerprint density at radius 3 is 2.57 bits per heavy atom. The van der Waals surface area contributed by atoms with Gasteiger partial charge in [0.05, 0.1) is 13.2 Å². The molecule has 4 saturated carbocycles. The van der Waals surface area contributed by atoms with Crippen LogP contribution in [0, 0.1) is 46.3 Å². The third-order valence-electron chi connectivity index (χ3n) is 10.4. The summed E-state index contributed by atoms with van der Waals surface area (Å²) in [7, 11) is 1.49. The molecule has 0 aliphatic heterocycles. The zero-order valence-corrected chi connectivity index (χ0v) is 18.6. The van der Waals surface area contributed by atoms with Gasteiger partial charge >= 0.3 is 5.97 Å². The number of methoxy groups -OCH3 is 1. The second kappa shape index (κ2) is 7.60. The molecule has 9 atom stereocenters. The summed E-state index contributed by atoms with van der Waals surface area (Å²) in [6, 6.07) is 0. The lowest BCUT2D eigenvalue weighted by atomic mass is 9.44. The Bertz CT molecular complexity index is 588. The number of ether oxygens (including phenoxy) is 1. The monoisotopic (exact) mass is 390 g/mol. The fourth-order valence-electron chi connectivity index (χ4n) is 8.88. The first-order valence-corrected chi connectivity index (χ1v) is 12.1. The van der Waals surface area contributed by atoms with E-state index >= 15 is 0 Å². The Kier molecular flexibility index (Phi) is 5.61. The molecule has 0 spiro atoms. The summed E-state index contributed by atoms with van der Waals surface area (Å²) >= 11 is 0. The maximum atomic E-state index is 11.6. The quantitative estimate of drug-likeness (QED) is 0.636. The fourth-order valence-corrected chi connectivity index (χ4v) is 8.88. The van der Waals surface area contributed by atoms with E-state index in [2.05, 4.69) is 20.8 Å². The van der Waals surface area contributed by atoms with Gasteiger partial charge in [-0.2, -0.15) is 0 Å². The minimum atomic E-state index is -0.0880. The summed E-state index contributed by atoms with van der Waals surface area (Å²) in [4.78, 5) is 11.6. The molecule has 0 bridgehead atoms. The summed E-state index contributed by atoms with van der Waals surface area (Å²) in [5.74, 6) is 3.83. The Morgan fingerprint density at radius 2 is 1.82 bits per heavy atom. The van der Waals surface area contributed by atoms with Gasteiger partial charge in [0.25, 0.3) is 0 Å². The van der Waals surface area contributed by atoms with Gasteiger partial charge in [-0.15, -0.1) is 0 Å². The molecule has 0 aromatic carbocycles. The normalized spacial score (nSPS) is 48.9. The van der Waals surface area contributed by atoms with Gasteiger partial charge in [0, 0.05) is 6.42 Å². The maximum Gasteiger partial charge on any atom is 0.305 e.